The van der Waals surface area contributed by atoms with Crippen molar-refractivity contribution < 1.29 is 18.3 Å². The molecule has 1 aliphatic carbocycles. The fourth-order valence-corrected chi connectivity index (χ4v) is 4.77. The van der Waals surface area contributed by atoms with E-state index in [1.54, 1.807) is 19.1 Å². The first-order valence-corrected chi connectivity index (χ1v) is 10.4. The number of hydrogen-bond donors (Lipinski definition) is 0. The lowest BCUT2D eigenvalue weighted by Gasteiger charge is -2.38. The van der Waals surface area contributed by atoms with Gasteiger partial charge in [0.25, 0.3) is 0 Å². The first-order chi connectivity index (χ1) is 12.6. The predicted molar refractivity (Wildman–Crippen MR) is 99.6 cm³/mol. The third-order valence-electron chi connectivity index (χ3n) is 6.24. The highest BCUT2D eigenvalue weighted by atomic mass is 19.2. The molecule has 1 heterocycles. The van der Waals surface area contributed by atoms with Crippen LogP contribution in [0.5, 0.6) is 5.75 Å². The fraction of sp³-hybridized carbons (Fsp3) is 0.727. The molecule has 2 atom stereocenters. The lowest BCUT2D eigenvalue weighted by Crippen LogP contribution is -2.33. The molecule has 0 aromatic heterocycles. The van der Waals surface area contributed by atoms with Crippen molar-refractivity contribution in [3.8, 4) is 5.75 Å². The van der Waals surface area contributed by atoms with E-state index in [1.165, 1.54) is 38.5 Å². The second-order valence-corrected chi connectivity index (χ2v) is 7.93. The van der Waals surface area contributed by atoms with Crippen LogP contribution in [-0.2, 0) is 4.74 Å². The second kappa shape index (κ2) is 9.16. The molecule has 0 amide bonds. The van der Waals surface area contributed by atoms with Gasteiger partial charge in [-0.1, -0.05) is 38.7 Å². The van der Waals surface area contributed by atoms with Gasteiger partial charge in [-0.3, -0.25) is 0 Å². The first-order valence-electron chi connectivity index (χ1n) is 10.4. The molecule has 1 aromatic rings. The Labute approximate surface area is 156 Å². The van der Waals surface area contributed by atoms with Crippen LogP contribution in [0.2, 0.25) is 0 Å². The Morgan fingerprint density at radius 1 is 1.00 bits per heavy atom. The van der Waals surface area contributed by atoms with Crippen LogP contribution in [0.1, 0.15) is 76.7 Å². The Kier molecular flexibility index (Phi) is 6.91. The summed E-state index contributed by atoms with van der Waals surface area (Å²) in [5, 5.41) is 0. The summed E-state index contributed by atoms with van der Waals surface area (Å²) < 4.78 is 39.8. The summed E-state index contributed by atoms with van der Waals surface area (Å²) in [5.74, 6) is -0.177. The number of rotatable bonds is 6. The third-order valence-corrected chi connectivity index (χ3v) is 6.24. The van der Waals surface area contributed by atoms with E-state index in [4.69, 9.17) is 9.47 Å². The molecule has 1 saturated heterocycles. The quantitative estimate of drug-likeness (QED) is 0.594. The van der Waals surface area contributed by atoms with E-state index in [2.05, 4.69) is 6.92 Å². The van der Waals surface area contributed by atoms with Gasteiger partial charge in [0.05, 0.1) is 19.3 Å². The molecule has 2 fully saturated rings. The summed E-state index contributed by atoms with van der Waals surface area (Å²) in [6.07, 6.45) is 9.89. The molecule has 146 valence electrons. The van der Waals surface area contributed by atoms with Gasteiger partial charge < -0.3 is 9.47 Å². The normalized spacial score (nSPS) is 29.5. The SMILES string of the molecule is CCCC1CCC([C@H]2CC[C@H](c3ccc(OCC)c(F)c3F)CO2)CC1. The van der Waals surface area contributed by atoms with Crippen molar-refractivity contribution in [1.29, 1.82) is 0 Å². The van der Waals surface area contributed by atoms with Crippen molar-refractivity contribution in [2.24, 2.45) is 11.8 Å². The average molecular weight is 366 g/mol. The van der Waals surface area contributed by atoms with E-state index in [-0.39, 0.29) is 11.7 Å². The molecule has 0 radical (unpaired) electrons. The van der Waals surface area contributed by atoms with Crippen molar-refractivity contribution in [1.82, 2.24) is 0 Å². The molecule has 4 heteroatoms. The summed E-state index contributed by atoms with van der Waals surface area (Å²) >= 11 is 0. The first kappa shape index (κ1) is 19.6. The van der Waals surface area contributed by atoms with Crippen LogP contribution in [0.15, 0.2) is 12.1 Å². The maximum atomic E-state index is 14.4. The molecule has 0 bridgehead atoms. The Balaban J connectivity index is 1.55. The van der Waals surface area contributed by atoms with Gasteiger partial charge in [0.15, 0.2) is 11.6 Å². The van der Waals surface area contributed by atoms with Gasteiger partial charge in [-0.15, -0.1) is 0 Å². The average Bonchev–Trinajstić information content (AvgIpc) is 2.67. The summed E-state index contributed by atoms with van der Waals surface area (Å²) in [6.45, 7) is 4.84. The van der Waals surface area contributed by atoms with E-state index < -0.39 is 11.6 Å². The highest BCUT2D eigenvalue weighted by molar-refractivity contribution is 5.33. The predicted octanol–water partition coefficient (Wildman–Crippen LogP) is 6.23. The molecule has 1 aliphatic heterocycles. The van der Waals surface area contributed by atoms with Crippen LogP contribution >= 0.6 is 0 Å². The molecule has 2 aliphatic rings. The Morgan fingerprint density at radius 2 is 1.77 bits per heavy atom. The molecule has 0 spiro atoms. The number of halogens is 2. The summed E-state index contributed by atoms with van der Waals surface area (Å²) in [4.78, 5) is 0. The Bertz CT molecular complexity index is 574. The van der Waals surface area contributed by atoms with E-state index in [0.717, 1.165) is 18.8 Å². The van der Waals surface area contributed by atoms with Crippen LogP contribution in [0.3, 0.4) is 0 Å². The van der Waals surface area contributed by atoms with Crippen LogP contribution < -0.4 is 4.74 Å². The Hall–Kier alpha value is -1.16. The highest BCUT2D eigenvalue weighted by Gasteiger charge is 2.33. The van der Waals surface area contributed by atoms with E-state index in [1.807, 2.05) is 0 Å². The fourth-order valence-electron chi connectivity index (χ4n) is 4.77. The van der Waals surface area contributed by atoms with Gasteiger partial charge in [-0.25, -0.2) is 4.39 Å². The van der Waals surface area contributed by atoms with Crippen LogP contribution in [0.4, 0.5) is 8.78 Å². The molecule has 2 nitrogen and oxygen atoms in total. The Morgan fingerprint density at radius 3 is 2.38 bits per heavy atom. The molecule has 26 heavy (non-hydrogen) atoms. The topological polar surface area (TPSA) is 18.5 Å². The van der Waals surface area contributed by atoms with Crippen LogP contribution in [0.25, 0.3) is 0 Å². The molecule has 0 unspecified atom stereocenters. The molecule has 1 aromatic carbocycles. The van der Waals surface area contributed by atoms with Gasteiger partial charge in [-0.2, -0.15) is 4.39 Å². The van der Waals surface area contributed by atoms with Crippen molar-refractivity contribution in [2.75, 3.05) is 13.2 Å². The zero-order chi connectivity index (χ0) is 18.5. The minimum absolute atomic E-state index is 0.00723. The van der Waals surface area contributed by atoms with Gasteiger partial charge in [0, 0.05) is 5.92 Å². The van der Waals surface area contributed by atoms with E-state index in [0.29, 0.717) is 30.8 Å². The summed E-state index contributed by atoms with van der Waals surface area (Å²) in [7, 11) is 0. The van der Waals surface area contributed by atoms with Crippen LogP contribution in [-0.4, -0.2) is 19.3 Å². The van der Waals surface area contributed by atoms with E-state index >= 15 is 0 Å². The molecule has 3 rings (SSSR count). The minimum atomic E-state index is -0.874. The third kappa shape index (κ3) is 4.39. The number of benzene rings is 1. The zero-order valence-corrected chi connectivity index (χ0v) is 16.1. The molecule has 1 saturated carbocycles. The summed E-state index contributed by atoms with van der Waals surface area (Å²) in [5.41, 5.74) is 0.427. The molecular formula is C22H32F2O2. The standard InChI is InChI=1S/C22H32F2O2/c1-3-5-15-6-8-16(9-7-15)19-12-10-17(14-26-19)18-11-13-20(25-4-2)22(24)21(18)23/h11,13,15-17,19H,3-10,12,14H2,1-2H3/t15?,16?,17-,19+/m0/s1. The number of ether oxygens (including phenoxy) is 2. The van der Waals surface area contributed by atoms with E-state index in [9.17, 15) is 8.78 Å². The highest BCUT2D eigenvalue weighted by Crippen LogP contribution is 2.40. The van der Waals surface area contributed by atoms with Crippen molar-refractivity contribution in [3.63, 3.8) is 0 Å². The van der Waals surface area contributed by atoms with Crippen molar-refractivity contribution in [3.05, 3.63) is 29.3 Å². The maximum absolute atomic E-state index is 14.4. The largest absolute Gasteiger partial charge is 0.491 e. The number of hydrogen-bond acceptors (Lipinski definition) is 2. The van der Waals surface area contributed by atoms with Gasteiger partial charge >= 0.3 is 0 Å². The van der Waals surface area contributed by atoms with Gasteiger partial charge in [0.2, 0.25) is 5.82 Å². The minimum Gasteiger partial charge on any atom is -0.491 e. The monoisotopic (exact) mass is 366 g/mol. The van der Waals surface area contributed by atoms with Gasteiger partial charge in [0.1, 0.15) is 0 Å². The lowest BCUT2D eigenvalue weighted by molar-refractivity contribution is -0.0440. The van der Waals surface area contributed by atoms with Crippen molar-refractivity contribution in [2.45, 2.75) is 77.2 Å². The van der Waals surface area contributed by atoms with Crippen molar-refractivity contribution >= 4 is 0 Å². The second-order valence-electron chi connectivity index (χ2n) is 7.93. The summed E-state index contributed by atoms with van der Waals surface area (Å²) in [6, 6.07) is 3.20. The maximum Gasteiger partial charge on any atom is 0.200 e. The smallest absolute Gasteiger partial charge is 0.200 e. The zero-order valence-electron chi connectivity index (χ0n) is 16.1. The molecule has 0 N–H and O–H groups in total. The van der Waals surface area contributed by atoms with Crippen LogP contribution in [0, 0.1) is 23.5 Å². The lowest BCUT2D eigenvalue weighted by atomic mass is 9.75. The van der Waals surface area contributed by atoms with Gasteiger partial charge in [-0.05, 0) is 56.1 Å². The molecular weight excluding hydrogens is 334 g/mol.